The van der Waals surface area contributed by atoms with Crippen LogP contribution in [0, 0.1) is 5.82 Å². The fourth-order valence-corrected chi connectivity index (χ4v) is 2.10. The lowest BCUT2D eigenvalue weighted by Gasteiger charge is -2.32. The van der Waals surface area contributed by atoms with Crippen molar-refractivity contribution in [1.29, 1.82) is 0 Å². The second-order valence-corrected chi connectivity index (χ2v) is 4.85. The van der Waals surface area contributed by atoms with E-state index in [4.69, 9.17) is 0 Å². The molecule has 1 atom stereocenters. The molecule has 1 aliphatic rings. The van der Waals surface area contributed by atoms with E-state index < -0.39 is 23.1 Å². The Kier molecular flexibility index (Phi) is 4.01. The summed E-state index contributed by atoms with van der Waals surface area (Å²) in [5.74, 6) is -1.79. The molecule has 19 heavy (non-hydrogen) atoms. The van der Waals surface area contributed by atoms with E-state index in [9.17, 15) is 19.4 Å². The smallest absolute Gasteiger partial charge is 0.251 e. The highest BCUT2D eigenvalue weighted by molar-refractivity contribution is 5.94. The van der Waals surface area contributed by atoms with E-state index >= 15 is 0 Å². The van der Waals surface area contributed by atoms with Gasteiger partial charge in [-0.05, 0) is 37.6 Å². The highest BCUT2D eigenvalue weighted by atomic mass is 19.1. The van der Waals surface area contributed by atoms with Crippen LogP contribution >= 0.6 is 0 Å². The van der Waals surface area contributed by atoms with Gasteiger partial charge in [-0.3, -0.25) is 4.79 Å². The van der Waals surface area contributed by atoms with Gasteiger partial charge >= 0.3 is 0 Å². The molecule has 4 N–H and O–H groups in total. The number of hydrogen-bond donors (Lipinski definition) is 4. The largest absolute Gasteiger partial charge is 0.505 e. The molecule has 2 rings (SSSR count). The lowest BCUT2D eigenvalue weighted by molar-refractivity contribution is 0.0170. The van der Waals surface area contributed by atoms with E-state index in [0.717, 1.165) is 25.1 Å². The molecule has 0 saturated carbocycles. The Bertz CT molecular complexity index is 473. The minimum Gasteiger partial charge on any atom is -0.505 e. The van der Waals surface area contributed by atoms with E-state index in [-0.39, 0.29) is 12.1 Å². The molecule has 1 aromatic carbocycles. The maximum absolute atomic E-state index is 12.9. The first-order valence-electron chi connectivity index (χ1n) is 6.20. The van der Waals surface area contributed by atoms with Crippen LogP contribution in [-0.2, 0) is 0 Å². The Balaban J connectivity index is 1.95. The van der Waals surface area contributed by atoms with Gasteiger partial charge in [0.1, 0.15) is 0 Å². The van der Waals surface area contributed by atoms with Gasteiger partial charge in [-0.25, -0.2) is 4.39 Å². The number of piperidine rings is 1. The van der Waals surface area contributed by atoms with Crippen molar-refractivity contribution in [3.8, 4) is 5.75 Å². The van der Waals surface area contributed by atoms with Gasteiger partial charge in [0.25, 0.3) is 5.91 Å². The van der Waals surface area contributed by atoms with Gasteiger partial charge in [0.15, 0.2) is 11.6 Å². The number of halogens is 1. The zero-order valence-corrected chi connectivity index (χ0v) is 10.4. The summed E-state index contributed by atoms with van der Waals surface area (Å²) >= 11 is 0. The van der Waals surface area contributed by atoms with E-state index in [1.165, 1.54) is 6.07 Å². The van der Waals surface area contributed by atoms with Crippen molar-refractivity contribution in [3.05, 3.63) is 29.6 Å². The molecular weight excluding hydrogens is 251 g/mol. The number of amides is 1. The third-order valence-corrected chi connectivity index (χ3v) is 3.24. The number of hydrogen-bond acceptors (Lipinski definition) is 4. The lowest BCUT2D eigenvalue weighted by atomic mass is 9.94. The van der Waals surface area contributed by atoms with Gasteiger partial charge in [-0.1, -0.05) is 0 Å². The maximum atomic E-state index is 12.9. The predicted molar refractivity (Wildman–Crippen MR) is 67.5 cm³/mol. The van der Waals surface area contributed by atoms with Crippen LogP contribution in [0.2, 0.25) is 0 Å². The summed E-state index contributed by atoms with van der Waals surface area (Å²) in [6, 6.07) is 3.38. The molecule has 1 saturated heterocycles. The number of β-amino-alcohol motifs (C(OH)–C–C–N with tert-alkyl or cyclic N) is 1. The molecule has 0 bridgehead atoms. The number of benzene rings is 1. The maximum Gasteiger partial charge on any atom is 0.251 e. The van der Waals surface area contributed by atoms with Gasteiger partial charge in [0.05, 0.1) is 5.60 Å². The van der Waals surface area contributed by atoms with Crippen LogP contribution in [0.25, 0.3) is 0 Å². The van der Waals surface area contributed by atoms with Gasteiger partial charge in [-0.2, -0.15) is 0 Å². The Morgan fingerprint density at radius 1 is 1.53 bits per heavy atom. The Hall–Kier alpha value is -1.66. The monoisotopic (exact) mass is 268 g/mol. The number of rotatable bonds is 3. The molecule has 5 nitrogen and oxygen atoms in total. The zero-order chi connectivity index (χ0) is 13.9. The first-order chi connectivity index (χ1) is 9.00. The topological polar surface area (TPSA) is 81.6 Å². The summed E-state index contributed by atoms with van der Waals surface area (Å²) in [5, 5.41) is 25.0. The van der Waals surface area contributed by atoms with E-state index in [1.54, 1.807) is 0 Å². The van der Waals surface area contributed by atoms with Crippen LogP contribution in [0.5, 0.6) is 5.75 Å². The average Bonchev–Trinajstić information content (AvgIpc) is 2.40. The predicted octanol–water partition coefficient (Wildman–Crippen LogP) is 0.376. The molecule has 0 unspecified atom stereocenters. The van der Waals surface area contributed by atoms with E-state index in [2.05, 4.69) is 10.6 Å². The molecule has 1 aliphatic heterocycles. The molecule has 0 spiro atoms. The highest BCUT2D eigenvalue weighted by Crippen LogP contribution is 2.17. The molecule has 1 fully saturated rings. The van der Waals surface area contributed by atoms with Crippen molar-refractivity contribution in [2.45, 2.75) is 18.4 Å². The Morgan fingerprint density at radius 3 is 2.95 bits per heavy atom. The minimum atomic E-state index is -0.948. The first kappa shape index (κ1) is 13.8. The third-order valence-electron chi connectivity index (χ3n) is 3.24. The normalized spacial score (nSPS) is 23.1. The van der Waals surface area contributed by atoms with Crippen LogP contribution in [0.1, 0.15) is 23.2 Å². The Labute approximate surface area is 110 Å². The Morgan fingerprint density at radius 2 is 2.32 bits per heavy atom. The number of carbonyl (C=O) groups is 1. The number of phenolic OH excluding ortho intramolecular Hbond substituents is 1. The number of phenols is 1. The van der Waals surface area contributed by atoms with E-state index in [0.29, 0.717) is 13.0 Å². The molecule has 6 heteroatoms. The van der Waals surface area contributed by atoms with Crippen molar-refractivity contribution in [3.63, 3.8) is 0 Å². The molecule has 1 amide bonds. The summed E-state index contributed by atoms with van der Waals surface area (Å²) < 4.78 is 12.9. The molecule has 1 heterocycles. The second kappa shape index (κ2) is 5.54. The quantitative estimate of drug-likeness (QED) is 0.638. The number of nitrogens with one attached hydrogen (secondary N) is 2. The summed E-state index contributed by atoms with van der Waals surface area (Å²) in [5.41, 5.74) is -0.790. The van der Waals surface area contributed by atoms with Crippen LogP contribution in [-0.4, -0.2) is 41.4 Å². The molecule has 1 aromatic rings. The standard InChI is InChI=1S/C13H17FN2O3/c14-10-3-2-9(6-11(10)17)12(18)16-8-13(19)4-1-5-15-7-13/h2-3,6,15,17,19H,1,4-5,7-8H2,(H,16,18)/t13-/m0/s1. The number of aliphatic hydroxyl groups is 1. The van der Waals surface area contributed by atoms with Crippen LogP contribution in [0.3, 0.4) is 0 Å². The molecule has 0 aliphatic carbocycles. The molecule has 0 radical (unpaired) electrons. The van der Waals surface area contributed by atoms with E-state index in [1.807, 2.05) is 0 Å². The van der Waals surface area contributed by atoms with Crippen molar-refractivity contribution in [1.82, 2.24) is 10.6 Å². The average molecular weight is 268 g/mol. The highest BCUT2D eigenvalue weighted by Gasteiger charge is 2.29. The van der Waals surface area contributed by atoms with Crippen molar-refractivity contribution < 1.29 is 19.4 Å². The van der Waals surface area contributed by atoms with Crippen molar-refractivity contribution in [2.75, 3.05) is 19.6 Å². The van der Waals surface area contributed by atoms with Crippen LogP contribution in [0.4, 0.5) is 4.39 Å². The molecule has 0 aromatic heterocycles. The summed E-state index contributed by atoms with van der Waals surface area (Å²) in [6.45, 7) is 1.42. The fraction of sp³-hybridized carbons (Fsp3) is 0.462. The summed E-state index contributed by atoms with van der Waals surface area (Å²) in [4.78, 5) is 11.8. The van der Waals surface area contributed by atoms with Gasteiger partial charge in [-0.15, -0.1) is 0 Å². The third kappa shape index (κ3) is 3.42. The van der Waals surface area contributed by atoms with Gasteiger partial charge in [0.2, 0.25) is 0 Å². The van der Waals surface area contributed by atoms with Gasteiger partial charge in [0, 0.05) is 18.7 Å². The number of carbonyl (C=O) groups excluding carboxylic acids is 1. The lowest BCUT2D eigenvalue weighted by Crippen LogP contribution is -2.52. The molecule has 104 valence electrons. The minimum absolute atomic E-state index is 0.122. The first-order valence-corrected chi connectivity index (χ1v) is 6.20. The zero-order valence-electron chi connectivity index (χ0n) is 10.4. The van der Waals surface area contributed by atoms with Crippen molar-refractivity contribution in [2.24, 2.45) is 0 Å². The SMILES string of the molecule is O=C(NC[C@]1(O)CCCNC1)c1ccc(F)c(O)c1. The van der Waals surface area contributed by atoms with Gasteiger partial charge < -0.3 is 20.8 Å². The fourth-order valence-electron chi connectivity index (χ4n) is 2.10. The van der Waals surface area contributed by atoms with Crippen LogP contribution in [0.15, 0.2) is 18.2 Å². The van der Waals surface area contributed by atoms with Crippen molar-refractivity contribution >= 4 is 5.91 Å². The number of aromatic hydroxyl groups is 1. The second-order valence-electron chi connectivity index (χ2n) is 4.85. The van der Waals surface area contributed by atoms with Crippen LogP contribution < -0.4 is 10.6 Å². The summed E-state index contributed by atoms with van der Waals surface area (Å²) in [6.07, 6.45) is 1.47. The molecular formula is C13H17FN2O3. The summed E-state index contributed by atoms with van der Waals surface area (Å²) in [7, 11) is 0.